The molecule has 0 fully saturated rings. The van der Waals surface area contributed by atoms with Crippen molar-refractivity contribution in [1.29, 1.82) is 0 Å². The number of carbonyl (C=O) groups is 1. The van der Waals surface area contributed by atoms with Crippen LogP contribution in [-0.2, 0) is 0 Å². The molecule has 0 spiro atoms. The van der Waals surface area contributed by atoms with Crippen molar-refractivity contribution in [2.45, 2.75) is 37.5 Å². The first kappa shape index (κ1) is 14.7. The molecule has 0 saturated heterocycles. The number of hydrogen-bond acceptors (Lipinski definition) is 4. The Hall–Kier alpha value is -1.36. The Morgan fingerprint density at radius 3 is 2.72 bits per heavy atom. The Balaban J connectivity index is 2.64. The lowest BCUT2D eigenvalue weighted by atomic mass is 10.2. The molecule has 18 heavy (non-hydrogen) atoms. The summed E-state index contributed by atoms with van der Waals surface area (Å²) >= 11 is 1.52. The normalized spacial score (nSPS) is 10.3. The number of nitro benzene ring substituents is 1. The third-order valence-electron chi connectivity index (χ3n) is 2.59. The van der Waals surface area contributed by atoms with Gasteiger partial charge in [-0.2, -0.15) is 0 Å². The highest BCUT2D eigenvalue weighted by molar-refractivity contribution is 7.99. The number of carbonyl (C=O) groups excluding carboxylic acids is 1. The van der Waals surface area contributed by atoms with Gasteiger partial charge in [0.15, 0.2) is 6.29 Å². The summed E-state index contributed by atoms with van der Waals surface area (Å²) < 4.78 is 0. The monoisotopic (exact) mass is 267 g/mol. The summed E-state index contributed by atoms with van der Waals surface area (Å²) in [7, 11) is 0. The Labute approximate surface area is 111 Å². The first-order valence-electron chi connectivity index (χ1n) is 6.05. The lowest BCUT2D eigenvalue weighted by molar-refractivity contribution is -0.385. The third kappa shape index (κ3) is 4.49. The SMILES string of the molecule is CCCCCCSc1cc([N+](=O)[O-])ccc1C=O. The van der Waals surface area contributed by atoms with Gasteiger partial charge in [-0.1, -0.05) is 26.2 Å². The van der Waals surface area contributed by atoms with Gasteiger partial charge in [-0.25, -0.2) is 0 Å². The molecule has 0 atom stereocenters. The molecule has 1 aromatic carbocycles. The van der Waals surface area contributed by atoms with E-state index in [-0.39, 0.29) is 5.69 Å². The zero-order valence-corrected chi connectivity index (χ0v) is 11.2. The van der Waals surface area contributed by atoms with Gasteiger partial charge in [-0.15, -0.1) is 11.8 Å². The average molecular weight is 267 g/mol. The molecule has 1 aromatic rings. The van der Waals surface area contributed by atoms with E-state index in [1.165, 1.54) is 42.8 Å². The van der Waals surface area contributed by atoms with Gasteiger partial charge >= 0.3 is 0 Å². The van der Waals surface area contributed by atoms with Crippen molar-refractivity contribution in [2.75, 3.05) is 5.75 Å². The number of nitrogens with zero attached hydrogens (tertiary/aromatic N) is 1. The van der Waals surface area contributed by atoms with Crippen LogP contribution in [0.1, 0.15) is 43.0 Å². The summed E-state index contributed by atoms with van der Waals surface area (Å²) in [5.74, 6) is 0.891. The van der Waals surface area contributed by atoms with Crippen LogP contribution in [0.2, 0.25) is 0 Å². The molecular formula is C13H17NO3S. The molecule has 0 amide bonds. The van der Waals surface area contributed by atoms with Crippen LogP contribution in [0.25, 0.3) is 0 Å². The maximum Gasteiger partial charge on any atom is 0.270 e. The summed E-state index contributed by atoms with van der Waals surface area (Å²) in [6.07, 6.45) is 5.36. The number of nitro groups is 1. The lowest BCUT2D eigenvalue weighted by Crippen LogP contribution is -1.92. The maximum atomic E-state index is 10.9. The predicted octanol–water partition coefficient (Wildman–Crippen LogP) is 4.08. The molecule has 0 aliphatic rings. The highest BCUT2D eigenvalue weighted by Gasteiger charge is 2.10. The highest BCUT2D eigenvalue weighted by Crippen LogP contribution is 2.27. The number of benzene rings is 1. The summed E-state index contributed by atoms with van der Waals surface area (Å²) in [5, 5.41) is 10.7. The molecule has 0 aliphatic heterocycles. The van der Waals surface area contributed by atoms with Crippen LogP contribution in [0, 0.1) is 10.1 Å². The average Bonchev–Trinajstić information content (AvgIpc) is 2.38. The Morgan fingerprint density at radius 2 is 2.11 bits per heavy atom. The lowest BCUT2D eigenvalue weighted by Gasteiger charge is -2.04. The Kier molecular flexibility index (Phi) is 6.43. The molecule has 1 rings (SSSR count). The largest absolute Gasteiger partial charge is 0.298 e. The summed E-state index contributed by atoms with van der Waals surface area (Å²) in [5.41, 5.74) is 0.567. The second-order valence-corrected chi connectivity index (χ2v) is 5.14. The van der Waals surface area contributed by atoms with Crippen LogP contribution in [0.3, 0.4) is 0 Å². The van der Waals surface area contributed by atoms with Crippen molar-refractivity contribution in [3.63, 3.8) is 0 Å². The molecular weight excluding hydrogens is 250 g/mol. The van der Waals surface area contributed by atoms with E-state index in [1.807, 2.05) is 0 Å². The highest BCUT2D eigenvalue weighted by atomic mass is 32.2. The summed E-state index contributed by atoms with van der Waals surface area (Å²) in [6, 6.07) is 4.36. The smallest absolute Gasteiger partial charge is 0.270 e. The van der Waals surface area contributed by atoms with E-state index in [2.05, 4.69) is 6.92 Å². The van der Waals surface area contributed by atoms with Gasteiger partial charge in [-0.3, -0.25) is 14.9 Å². The van der Waals surface area contributed by atoms with Crippen molar-refractivity contribution in [2.24, 2.45) is 0 Å². The predicted molar refractivity (Wildman–Crippen MR) is 73.3 cm³/mol. The third-order valence-corrected chi connectivity index (χ3v) is 3.75. The van der Waals surface area contributed by atoms with E-state index in [9.17, 15) is 14.9 Å². The Morgan fingerprint density at radius 1 is 1.33 bits per heavy atom. The molecule has 4 nitrogen and oxygen atoms in total. The van der Waals surface area contributed by atoms with E-state index in [4.69, 9.17) is 0 Å². The van der Waals surface area contributed by atoms with E-state index in [0.29, 0.717) is 10.5 Å². The molecule has 0 bridgehead atoms. The van der Waals surface area contributed by atoms with Crippen LogP contribution in [0.5, 0.6) is 0 Å². The van der Waals surface area contributed by atoms with Gasteiger partial charge in [0.25, 0.3) is 5.69 Å². The molecule has 0 heterocycles. The molecule has 5 heteroatoms. The van der Waals surface area contributed by atoms with Crippen LogP contribution < -0.4 is 0 Å². The fraction of sp³-hybridized carbons (Fsp3) is 0.462. The number of unbranched alkanes of at least 4 members (excludes halogenated alkanes) is 3. The molecule has 0 radical (unpaired) electrons. The second kappa shape index (κ2) is 7.87. The number of thioether (sulfide) groups is 1. The molecule has 0 unspecified atom stereocenters. The van der Waals surface area contributed by atoms with E-state index < -0.39 is 4.92 Å². The van der Waals surface area contributed by atoms with Crippen LogP contribution in [-0.4, -0.2) is 17.0 Å². The zero-order chi connectivity index (χ0) is 13.4. The van der Waals surface area contributed by atoms with Crippen molar-refractivity contribution >= 4 is 23.7 Å². The van der Waals surface area contributed by atoms with Crippen LogP contribution in [0.4, 0.5) is 5.69 Å². The van der Waals surface area contributed by atoms with Crippen LogP contribution in [0.15, 0.2) is 23.1 Å². The van der Waals surface area contributed by atoms with Crippen molar-refractivity contribution in [3.05, 3.63) is 33.9 Å². The van der Waals surface area contributed by atoms with E-state index >= 15 is 0 Å². The van der Waals surface area contributed by atoms with Gasteiger partial charge in [0, 0.05) is 22.6 Å². The first-order chi connectivity index (χ1) is 8.69. The van der Waals surface area contributed by atoms with E-state index in [0.717, 1.165) is 24.9 Å². The second-order valence-electron chi connectivity index (χ2n) is 4.01. The minimum Gasteiger partial charge on any atom is -0.298 e. The van der Waals surface area contributed by atoms with E-state index in [1.54, 1.807) is 0 Å². The van der Waals surface area contributed by atoms with Crippen molar-refractivity contribution < 1.29 is 9.72 Å². The van der Waals surface area contributed by atoms with Gasteiger partial charge < -0.3 is 0 Å². The van der Waals surface area contributed by atoms with Crippen LogP contribution >= 0.6 is 11.8 Å². The first-order valence-corrected chi connectivity index (χ1v) is 7.04. The zero-order valence-electron chi connectivity index (χ0n) is 10.4. The fourth-order valence-corrected chi connectivity index (χ4v) is 2.63. The molecule has 98 valence electrons. The fourth-order valence-electron chi connectivity index (χ4n) is 1.57. The Bertz CT molecular complexity index is 421. The number of non-ortho nitro benzene ring substituents is 1. The topological polar surface area (TPSA) is 60.2 Å². The minimum absolute atomic E-state index is 0.0386. The molecule has 0 saturated carbocycles. The summed E-state index contributed by atoms with van der Waals surface area (Å²) in [6.45, 7) is 2.15. The molecule has 0 N–H and O–H groups in total. The minimum atomic E-state index is -0.435. The number of hydrogen-bond donors (Lipinski definition) is 0. The molecule has 0 aliphatic carbocycles. The van der Waals surface area contributed by atoms with Gasteiger partial charge in [-0.05, 0) is 18.2 Å². The maximum absolute atomic E-state index is 10.9. The van der Waals surface area contributed by atoms with Crippen molar-refractivity contribution in [1.82, 2.24) is 0 Å². The number of aldehydes is 1. The van der Waals surface area contributed by atoms with Gasteiger partial charge in [0.2, 0.25) is 0 Å². The standard InChI is InChI=1S/C13H17NO3S/c1-2-3-4-5-8-18-13-9-12(14(16)17)7-6-11(13)10-15/h6-7,9-10H,2-5,8H2,1H3. The van der Waals surface area contributed by atoms with Gasteiger partial charge in [0.1, 0.15) is 0 Å². The van der Waals surface area contributed by atoms with Crippen molar-refractivity contribution in [3.8, 4) is 0 Å². The number of rotatable bonds is 8. The van der Waals surface area contributed by atoms with Gasteiger partial charge in [0.05, 0.1) is 4.92 Å². The quantitative estimate of drug-likeness (QED) is 0.234. The summed E-state index contributed by atoms with van der Waals surface area (Å²) in [4.78, 5) is 21.8. The molecule has 0 aromatic heterocycles.